The topological polar surface area (TPSA) is 57.8 Å². The van der Waals surface area contributed by atoms with E-state index in [2.05, 4.69) is 4.99 Å². The number of methoxy groups -OCH3 is 1. The Labute approximate surface area is 185 Å². The molecule has 1 aromatic carbocycles. The summed E-state index contributed by atoms with van der Waals surface area (Å²) in [4.78, 5) is 17.2. The van der Waals surface area contributed by atoms with Crippen LogP contribution in [0.3, 0.4) is 0 Å². The summed E-state index contributed by atoms with van der Waals surface area (Å²) in [6.07, 6.45) is -1.60. The number of halogens is 3. The molecule has 6 nitrogen and oxygen atoms in total. The fraction of sp³-hybridized carbons (Fsp3) is 0.565. The monoisotopic (exact) mass is 453 g/mol. The average molecular weight is 454 g/mol. The zero-order valence-corrected chi connectivity index (χ0v) is 19.1. The normalized spacial score (nSPS) is 18.1. The van der Waals surface area contributed by atoms with E-state index >= 15 is 0 Å². The minimum atomic E-state index is -4.58. The number of nitrogens with zero attached hydrogens (tertiary/aromatic N) is 3. The van der Waals surface area contributed by atoms with E-state index in [4.69, 9.17) is 9.47 Å². The lowest BCUT2D eigenvalue weighted by Crippen LogP contribution is -2.33. The molecule has 1 aliphatic rings. The molecule has 0 N–H and O–H groups in total. The third kappa shape index (κ3) is 5.26. The molecule has 176 valence electrons. The number of carbonyl (C=O) groups is 1. The highest BCUT2D eigenvalue weighted by atomic mass is 19.4. The molecule has 0 radical (unpaired) electrons. The molecular formula is C23H30F3N3O3. The quantitative estimate of drug-likeness (QED) is 0.687. The van der Waals surface area contributed by atoms with E-state index in [1.54, 1.807) is 6.07 Å². The van der Waals surface area contributed by atoms with E-state index in [0.29, 0.717) is 18.6 Å². The molecule has 2 aromatic rings. The fourth-order valence-electron chi connectivity index (χ4n) is 3.94. The second-order valence-electron chi connectivity index (χ2n) is 9.06. The summed E-state index contributed by atoms with van der Waals surface area (Å²) in [6, 6.07) is 4.62. The molecule has 1 unspecified atom stereocenters. The minimum absolute atomic E-state index is 0.0117. The SMILES string of the molecule is COc1ccc(C(F)(F)F)cc1C(=O)N=c1cc(C(C)(C)C)n(C)n1CC1CCCCO1. The van der Waals surface area contributed by atoms with Gasteiger partial charge in [0.15, 0.2) is 5.49 Å². The highest BCUT2D eigenvalue weighted by Gasteiger charge is 2.32. The molecule has 3 rings (SSSR count). The Bertz CT molecular complexity index is 1040. The predicted molar refractivity (Wildman–Crippen MR) is 114 cm³/mol. The number of benzene rings is 1. The van der Waals surface area contributed by atoms with Crippen LogP contribution in [0.15, 0.2) is 29.3 Å². The highest BCUT2D eigenvalue weighted by Crippen LogP contribution is 2.33. The zero-order chi connectivity index (χ0) is 23.7. The van der Waals surface area contributed by atoms with Crippen LogP contribution in [0, 0.1) is 0 Å². The van der Waals surface area contributed by atoms with Gasteiger partial charge in [0, 0.05) is 30.8 Å². The average Bonchev–Trinajstić information content (AvgIpc) is 3.03. The maximum atomic E-state index is 13.2. The van der Waals surface area contributed by atoms with E-state index in [1.165, 1.54) is 7.11 Å². The van der Waals surface area contributed by atoms with Crippen LogP contribution in [0.1, 0.15) is 61.6 Å². The van der Waals surface area contributed by atoms with Crippen molar-refractivity contribution in [2.24, 2.45) is 12.0 Å². The summed E-state index contributed by atoms with van der Waals surface area (Å²) in [7, 11) is 3.19. The molecule has 0 bridgehead atoms. The van der Waals surface area contributed by atoms with Gasteiger partial charge < -0.3 is 9.47 Å². The van der Waals surface area contributed by atoms with E-state index in [1.807, 2.05) is 37.2 Å². The lowest BCUT2D eigenvalue weighted by atomic mass is 9.92. The third-order valence-electron chi connectivity index (χ3n) is 5.63. The van der Waals surface area contributed by atoms with Crippen molar-refractivity contribution in [2.75, 3.05) is 13.7 Å². The first-order chi connectivity index (χ1) is 14.9. The lowest BCUT2D eigenvalue weighted by Gasteiger charge is -2.25. The van der Waals surface area contributed by atoms with Gasteiger partial charge in [0.25, 0.3) is 5.91 Å². The van der Waals surface area contributed by atoms with Crippen molar-refractivity contribution in [3.63, 3.8) is 0 Å². The zero-order valence-electron chi connectivity index (χ0n) is 19.1. The minimum Gasteiger partial charge on any atom is -0.496 e. The number of amides is 1. The van der Waals surface area contributed by atoms with Gasteiger partial charge in [-0.05, 0) is 37.5 Å². The first-order valence-electron chi connectivity index (χ1n) is 10.6. The van der Waals surface area contributed by atoms with E-state index in [-0.39, 0.29) is 22.8 Å². The molecule has 1 fully saturated rings. The van der Waals surface area contributed by atoms with Crippen LogP contribution >= 0.6 is 0 Å². The van der Waals surface area contributed by atoms with Crippen LogP contribution in [-0.4, -0.2) is 35.1 Å². The first-order valence-corrected chi connectivity index (χ1v) is 10.6. The molecule has 2 heterocycles. The maximum absolute atomic E-state index is 13.2. The Kier molecular flexibility index (Phi) is 6.88. The first kappa shape index (κ1) is 24.1. The van der Waals surface area contributed by atoms with E-state index in [9.17, 15) is 18.0 Å². The van der Waals surface area contributed by atoms with Crippen LogP contribution in [0.5, 0.6) is 5.75 Å². The van der Waals surface area contributed by atoms with Crippen molar-refractivity contribution in [3.8, 4) is 5.75 Å². The van der Waals surface area contributed by atoms with Gasteiger partial charge in [-0.3, -0.25) is 14.2 Å². The standard InChI is InChI=1S/C23H30F3N3O3/c1-22(2,3)19-13-20(29(28(19)4)14-16-8-6-7-11-32-16)27-21(30)17-12-15(23(24,25)26)9-10-18(17)31-5/h9-10,12-13,16H,6-8,11,14H2,1-5H3. The van der Waals surface area contributed by atoms with E-state index in [0.717, 1.165) is 43.2 Å². The number of carbonyl (C=O) groups excluding carboxylic acids is 1. The summed E-state index contributed by atoms with van der Waals surface area (Å²) >= 11 is 0. The van der Waals surface area contributed by atoms with Crippen LogP contribution in [0.25, 0.3) is 0 Å². The van der Waals surface area contributed by atoms with Gasteiger partial charge in [-0.15, -0.1) is 0 Å². The molecule has 1 atom stereocenters. The van der Waals surface area contributed by atoms with Gasteiger partial charge in [-0.1, -0.05) is 20.8 Å². The second kappa shape index (κ2) is 9.13. The number of ether oxygens (including phenoxy) is 2. The van der Waals surface area contributed by atoms with Gasteiger partial charge >= 0.3 is 6.18 Å². The summed E-state index contributed by atoms with van der Waals surface area (Å²) in [5.74, 6) is -0.752. The Morgan fingerprint density at radius 2 is 1.94 bits per heavy atom. The number of rotatable bonds is 4. The van der Waals surface area contributed by atoms with Gasteiger partial charge in [0.05, 0.1) is 30.9 Å². The summed E-state index contributed by atoms with van der Waals surface area (Å²) < 4.78 is 54.4. The van der Waals surface area contributed by atoms with Gasteiger partial charge in [0.2, 0.25) is 0 Å². The maximum Gasteiger partial charge on any atom is 0.416 e. The molecule has 1 amide bonds. The molecular weight excluding hydrogens is 423 g/mol. The summed E-state index contributed by atoms with van der Waals surface area (Å²) in [5, 5.41) is 0. The van der Waals surface area contributed by atoms with Gasteiger partial charge in [0.1, 0.15) is 5.75 Å². The van der Waals surface area contributed by atoms with Crippen LogP contribution < -0.4 is 10.2 Å². The molecule has 9 heteroatoms. The van der Waals surface area contributed by atoms with Crippen molar-refractivity contribution in [1.82, 2.24) is 9.36 Å². The largest absolute Gasteiger partial charge is 0.496 e. The second-order valence-corrected chi connectivity index (χ2v) is 9.06. The molecule has 1 aromatic heterocycles. The lowest BCUT2D eigenvalue weighted by molar-refractivity contribution is -0.137. The Hall–Kier alpha value is -2.55. The highest BCUT2D eigenvalue weighted by molar-refractivity contribution is 5.97. The van der Waals surface area contributed by atoms with Crippen molar-refractivity contribution in [1.29, 1.82) is 0 Å². The Morgan fingerprint density at radius 1 is 1.22 bits per heavy atom. The van der Waals surface area contributed by atoms with E-state index < -0.39 is 17.6 Å². The smallest absolute Gasteiger partial charge is 0.416 e. The number of alkyl halides is 3. The predicted octanol–water partition coefficient (Wildman–Crippen LogP) is 4.46. The van der Waals surface area contributed by atoms with Crippen LogP contribution in [-0.2, 0) is 29.9 Å². The van der Waals surface area contributed by atoms with Crippen molar-refractivity contribution in [2.45, 2.75) is 64.3 Å². The number of hydrogen-bond acceptors (Lipinski definition) is 3. The van der Waals surface area contributed by atoms with Crippen molar-refractivity contribution < 1.29 is 27.4 Å². The summed E-state index contributed by atoms with van der Waals surface area (Å²) in [5.41, 5.74) is -0.0751. The van der Waals surface area contributed by atoms with Crippen LogP contribution in [0.2, 0.25) is 0 Å². The molecule has 0 saturated carbocycles. The fourth-order valence-corrected chi connectivity index (χ4v) is 3.94. The number of aromatic nitrogens is 2. The van der Waals surface area contributed by atoms with Crippen molar-refractivity contribution >= 4 is 5.91 Å². The Balaban J connectivity index is 2.09. The number of hydrogen-bond donors (Lipinski definition) is 0. The Morgan fingerprint density at radius 3 is 2.50 bits per heavy atom. The molecule has 32 heavy (non-hydrogen) atoms. The molecule has 0 aliphatic carbocycles. The van der Waals surface area contributed by atoms with Crippen LogP contribution in [0.4, 0.5) is 13.2 Å². The molecule has 1 aliphatic heterocycles. The molecule has 0 spiro atoms. The summed E-state index contributed by atoms with van der Waals surface area (Å²) in [6.45, 7) is 7.33. The third-order valence-corrected chi connectivity index (χ3v) is 5.63. The molecule has 1 saturated heterocycles. The van der Waals surface area contributed by atoms with Gasteiger partial charge in [-0.25, -0.2) is 0 Å². The van der Waals surface area contributed by atoms with Gasteiger partial charge in [-0.2, -0.15) is 18.2 Å². The van der Waals surface area contributed by atoms with Crippen molar-refractivity contribution in [3.05, 3.63) is 46.6 Å².